The van der Waals surface area contributed by atoms with E-state index >= 15 is 0 Å². The molecule has 0 saturated carbocycles. The van der Waals surface area contributed by atoms with Crippen LogP contribution in [0.15, 0.2) is 97.3 Å². The lowest BCUT2D eigenvalue weighted by Gasteiger charge is -2.23. The standard InChI is InChI=1S/C29H26FN3O7S.C24H25FN4O4S/c1-32(41(3,37)38)26-21-5-4-12-31-25(21)27(40-16-17-6-10-20(39-2)11-7-17)24-23(26)15-33(28(24)34)14-18-8-9-19(30)13-22(18)29(35)36;1-14-20-19(22(28(4)34(5,32)33)17-7-6-10-26-21(14)17)13-29(24(20)31)12-15-8-9-16(25)11-18(15)23(30)27(2)3/h4-13H,14-16H2,1-3H3,(H,35,36);6-11H,12-13H2,1-5H3. The second-order valence-electron chi connectivity index (χ2n) is 18.2. The fraction of sp³-hybridized carbons (Fsp3) is 0.245. The van der Waals surface area contributed by atoms with Gasteiger partial charge in [-0.1, -0.05) is 24.3 Å². The second-order valence-corrected chi connectivity index (χ2v) is 22.2. The van der Waals surface area contributed by atoms with Crippen LogP contribution in [-0.2, 0) is 52.8 Å². The van der Waals surface area contributed by atoms with E-state index in [-0.39, 0.29) is 78.3 Å². The summed E-state index contributed by atoms with van der Waals surface area (Å²) in [7, 11) is 0.170. The number of aryl methyl sites for hydroxylation is 1. The van der Waals surface area contributed by atoms with Gasteiger partial charge in [-0.15, -0.1) is 0 Å². The molecule has 0 spiro atoms. The zero-order valence-corrected chi connectivity index (χ0v) is 43.6. The molecule has 0 atom stereocenters. The van der Waals surface area contributed by atoms with Crippen molar-refractivity contribution in [2.45, 2.75) is 39.7 Å². The third kappa shape index (κ3) is 10.3. The first-order valence-corrected chi connectivity index (χ1v) is 26.7. The predicted molar refractivity (Wildman–Crippen MR) is 277 cm³/mol. The van der Waals surface area contributed by atoms with Gasteiger partial charge in [0.1, 0.15) is 29.5 Å². The van der Waals surface area contributed by atoms with Crippen molar-refractivity contribution in [1.82, 2.24) is 24.7 Å². The van der Waals surface area contributed by atoms with Crippen molar-refractivity contribution in [2.24, 2.45) is 0 Å². The maximum absolute atomic E-state index is 13.9. The van der Waals surface area contributed by atoms with Gasteiger partial charge in [-0.3, -0.25) is 33.0 Å². The highest BCUT2D eigenvalue weighted by Crippen LogP contribution is 2.46. The molecule has 4 heterocycles. The monoisotopic (exact) mass is 1060 g/mol. The summed E-state index contributed by atoms with van der Waals surface area (Å²) in [6, 6.07) is 21.3. The van der Waals surface area contributed by atoms with Crippen LogP contribution in [0, 0.1) is 18.6 Å². The summed E-state index contributed by atoms with van der Waals surface area (Å²) < 4.78 is 91.7. The van der Waals surface area contributed by atoms with Crippen LogP contribution in [0.3, 0.4) is 0 Å². The van der Waals surface area contributed by atoms with Crippen LogP contribution in [0.2, 0.25) is 0 Å². The van der Waals surface area contributed by atoms with Crippen LogP contribution in [-0.4, -0.2) is 118 Å². The quantitative estimate of drug-likeness (QED) is 0.115. The minimum atomic E-state index is -3.76. The van der Waals surface area contributed by atoms with E-state index in [1.165, 1.54) is 57.5 Å². The molecule has 75 heavy (non-hydrogen) atoms. The number of carbonyl (C=O) groups is 4. The number of halogens is 2. The number of hydrogen-bond donors (Lipinski definition) is 1. The van der Waals surface area contributed by atoms with Crippen molar-refractivity contribution >= 4 is 76.9 Å². The number of nitrogens with zero attached hydrogens (tertiary/aromatic N) is 7. The van der Waals surface area contributed by atoms with Gasteiger partial charge in [-0.25, -0.2) is 30.4 Å². The first-order valence-electron chi connectivity index (χ1n) is 23.0. The Morgan fingerprint density at radius 1 is 0.693 bits per heavy atom. The molecule has 0 fully saturated rings. The number of carboxylic acid groups (broad SMARTS) is 1. The van der Waals surface area contributed by atoms with Gasteiger partial charge in [-0.2, -0.15) is 0 Å². The summed E-state index contributed by atoms with van der Waals surface area (Å²) in [6.45, 7) is 1.88. The highest BCUT2D eigenvalue weighted by Gasteiger charge is 2.39. The first-order chi connectivity index (χ1) is 35.4. The lowest BCUT2D eigenvalue weighted by molar-refractivity contribution is 0.0684. The van der Waals surface area contributed by atoms with Crippen molar-refractivity contribution in [3.05, 3.63) is 165 Å². The van der Waals surface area contributed by atoms with E-state index in [1.54, 1.807) is 70.7 Å². The Labute approximate surface area is 431 Å². The Bertz CT molecular complexity index is 3730. The normalized spacial score (nSPS) is 13.1. The Hall–Kier alpha value is -8.24. The number of aromatic carboxylic acids is 1. The molecule has 7 aromatic rings. The molecular formula is C53H51F2N7O11S2. The summed E-state index contributed by atoms with van der Waals surface area (Å²) in [4.78, 5) is 65.0. The molecule has 22 heteroatoms. The molecule has 5 aromatic carbocycles. The average molecular weight is 1060 g/mol. The number of pyridine rings is 2. The van der Waals surface area contributed by atoms with Crippen LogP contribution in [0.1, 0.15) is 74.8 Å². The lowest BCUT2D eigenvalue weighted by atomic mass is 9.97. The summed E-state index contributed by atoms with van der Waals surface area (Å²) >= 11 is 0. The number of amides is 3. The van der Waals surface area contributed by atoms with Crippen LogP contribution in [0.4, 0.5) is 20.2 Å². The Balaban J connectivity index is 0.000000203. The summed E-state index contributed by atoms with van der Waals surface area (Å²) in [6.07, 6.45) is 5.28. The predicted octanol–water partition coefficient (Wildman–Crippen LogP) is 7.15. The second kappa shape index (κ2) is 20.6. The fourth-order valence-electron chi connectivity index (χ4n) is 9.25. The maximum atomic E-state index is 13.9. The van der Waals surface area contributed by atoms with E-state index in [4.69, 9.17) is 9.47 Å². The number of carbonyl (C=O) groups excluding carboxylic acids is 3. The number of methoxy groups -OCH3 is 1. The van der Waals surface area contributed by atoms with Gasteiger partial charge in [-0.05, 0) is 89.8 Å². The number of hydrogen-bond acceptors (Lipinski definition) is 12. The van der Waals surface area contributed by atoms with Crippen LogP contribution >= 0.6 is 0 Å². The van der Waals surface area contributed by atoms with Gasteiger partial charge in [0, 0.05) is 94.2 Å². The summed E-state index contributed by atoms with van der Waals surface area (Å²) in [5.41, 5.74) is 5.12. The van der Waals surface area contributed by atoms with E-state index in [0.29, 0.717) is 61.1 Å². The average Bonchev–Trinajstić information content (AvgIpc) is 3.87. The molecule has 390 valence electrons. The van der Waals surface area contributed by atoms with Gasteiger partial charge in [0.05, 0.1) is 53.2 Å². The third-order valence-electron chi connectivity index (χ3n) is 13.1. The van der Waals surface area contributed by atoms with Crippen LogP contribution in [0.5, 0.6) is 11.5 Å². The third-order valence-corrected chi connectivity index (χ3v) is 15.4. The minimum absolute atomic E-state index is 0.0382. The highest BCUT2D eigenvalue weighted by molar-refractivity contribution is 7.92. The molecule has 0 unspecified atom stereocenters. The van der Waals surface area contributed by atoms with E-state index in [0.717, 1.165) is 40.6 Å². The van der Waals surface area contributed by atoms with Crippen molar-refractivity contribution in [2.75, 3.05) is 56.4 Å². The van der Waals surface area contributed by atoms with E-state index in [9.17, 15) is 49.9 Å². The first kappa shape index (κ1) is 53.1. The number of carboxylic acids is 1. The number of ether oxygens (including phenoxy) is 2. The molecule has 0 aliphatic carbocycles. The Morgan fingerprint density at radius 2 is 1.17 bits per heavy atom. The summed E-state index contributed by atoms with van der Waals surface area (Å²) in [5.74, 6) is -2.91. The smallest absolute Gasteiger partial charge is 0.336 e. The highest BCUT2D eigenvalue weighted by atomic mass is 32.2. The number of aromatic nitrogens is 2. The number of fused-ring (bicyclic) bond motifs is 4. The van der Waals surface area contributed by atoms with Gasteiger partial charge >= 0.3 is 5.97 Å². The molecule has 1 N–H and O–H groups in total. The molecular weight excluding hydrogens is 1010 g/mol. The number of benzene rings is 5. The van der Waals surface area contributed by atoms with E-state index in [2.05, 4.69) is 9.97 Å². The Morgan fingerprint density at radius 3 is 1.68 bits per heavy atom. The van der Waals surface area contributed by atoms with Crippen molar-refractivity contribution in [3.8, 4) is 11.5 Å². The number of anilines is 2. The minimum Gasteiger partial charge on any atom is -0.497 e. The van der Waals surface area contributed by atoms with Crippen molar-refractivity contribution in [3.63, 3.8) is 0 Å². The van der Waals surface area contributed by atoms with Crippen molar-refractivity contribution in [1.29, 1.82) is 0 Å². The van der Waals surface area contributed by atoms with Gasteiger partial charge < -0.3 is 29.3 Å². The Kier molecular flexibility index (Phi) is 14.6. The molecule has 9 rings (SSSR count). The zero-order chi connectivity index (χ0) is 54.4. The van der Waals surface area contributed by atoms with Crippen LogP contribution in [0.25, 0.3) is 21.8 Å². The molecule has 0 radical (unpaired) electrons. The molecule has 0 saturated heterocycles. The lowest BCUT2D eigenvalue weighted by Crippen LogP contribution is -2.28. The fourth-order valence-corrected chi connectivity index (χ4v) is 10.3. The van der Waals surface area contributed by atoms with Gasteiger partial charge in [0.15, 0.2) is 5.75 Å². The largest absolute Gasteiger partial charge is 0.497 e. The van der Waals surface area contributed by atoms with Gasteiger partial charge in [0.2, 0.25) is 20.0 Å². The van der Waals surface area contributed by atoms with E-state index in [1.807, 2.05) is 12.1 Å². The molecule has 2 aliphatic rings. The van der Waals surface area contributed by atoms with E-state index < -0.39 is 43.6 Å². The number of rotatable bonds is 14. The molecule has 18 nitrogen and oxygen atoms in total. The molecule has 0 bridgehead atoms. The molecule has 2 aliphatic heterocycles. The molecule has 3 amide bonds. The SMILES string of the molecule is COc1ccc(COc2c3c(c(N(C)S(C)(=O)=O)c4cccnc24)CN(Cc2ccc(F)cc2C(=O)O)C3=O)cc1.Cc1c2c(c(N(C)S(C)(=O)=O)c3cccnc13)CN(Cc1ccc(F)cc1C(=O)N(C)C)C2=O. The zero-order valence-electron chi connectivity index (χ0n) is 42.0. The topological polar surface area (TPSA) is 217 Å². The van der Waals surface area contributed by atoms with Gasteiger partial charge in [0.25, 0.3) is 17.7 Å². The summed E-state index contributed by atoms with van der Waals surface area (Å²) in [5, 5.41) is 10.7. The van der Waals surface area contributed by atoms with Crippen molar-refractivity contribution < 1.29 is 59.4 Å². The molecule has 2 aromatic heterocycles. The van der Waals surface area contributed by atoms with Crippen LogP contribution < -0.4 is 18.1 Å². The maximum Gasteiger partial charge on any atom is 0.336 e. The number of sulfonamides is 2.